The number of hydrogen-bond donors (Lipinski definition) is 1. The van der Waals surface area contributed by atoms with Crippen molar-refractivity contribution in [3.8, 4) is 0 Å². The lowest BCUT2D eigenvalue weighted by Crippen LogP contribution is -2.13. The normalized spacial score (nSPS) is 10.2. The number of carbonyl (C=O) groups is 1. The molecule has 1 heterocycles. The third-order valence-electron chi connectivity index (χ3n) is 2.41. The highest BCUT2D eigenvalue weighted by atomic mass is 35.5. The van der Waals surface area contributed by atoms with Crippen molar-refractivity contribution >= 4 is 40.5 Å². The highest BCUT2D eigenvalue weighted by Crippen LogP contribution is 2.22. The van der Waals surface area contributed by atoms with Gasteiger partial charge in [0.15, 0.2) is 0 Å². The first-order chi connectivity index (χ1) is 9.86. The highest BCUT2D eigenvalue weighted by molar-refractivity contribution is 6.35. The molecule has 1 N–H and O–H groups in total. The number of nitrogens with one attached hydrogen (secondary N) is 1. The fourth-order valence-corrected chi connectivity index (χ4v) is 1.96. The summed E-state index contributed by atoms with van der Waals surface area (Å²) in [7, 11) is 0. The monoisotopic (exact) mass is 329 g/mol. The molecule has 0 atom stereocenters. The number of nitro benzene ring substituents is 1. The zero-order valence-corrected chi connectivity index (χ0v) is 11.7. The topological polar surface area (TPSA) is 85.1 Å². The number of nitrogens with zero attached hydrogens (tertiary/aromatic N) is 2. The van der Waals surface area contributed by atoms with Crippen LogP contribution in [0.5, 0.6) is 0 Å². The summed E-state index contributed by atoms with van der Waals surface area (Å²) in [6.07, 6.45) is 0. The minimum Gasteiger partial charge on any atom is -0.322 e. The quantitative estimate of drug-likeness (QED) is 0.528. The molecule has 0 aliphatic rings. The van der Waals surface area contributed by atoms with Crippen molar-refractivity contribution < 1.29 is 14.1 Å². The Morgan fingerprint density at radius 2 is 2.00 bits per heavy atom. The average molecular weight is 330 g/mol. The Hall–Kier alpha value is -2.25. The molecule has 0 saturated carbocycles. The van der Waals surface area contributed by atoms with Crippen molar-refractivity contribution in [2.24, 2.45) is 0 Å². The lowest BCUT2D eigenvalue weighted by molar-refractivity contribution is -0.385. The van der Waals surface area contributed by atoms with Crippen LogP contribution in [0.1, 0.15) is 10.4 Å². The van der Waals surface area contributed by atoms with Crippen LogP contribution in [0, 0.1) is 15.9 Å². The van der Waals surface area contributed by atoms with Crippen LogP contribution >= 0.6 is 23.2 Å². The van der Waals surface area contributed by atoms with Gasteiger partial charge in [0.1, 0.15) is 16.1 Å². The third kappa shape index (κ3) is 3.65. The number of nitro groups is 1. The van der Waals surface area contributed by atoms with E-state index in [1.54, 1.807) is 0 Å². The summed E-state index contributed by atoms with van der Waals surface area (Å²) < 4.78 is 13.3. The number of halogens is 3. The van der Waals surface area contributed by atoms with E-state index in [9.17, 15) is 19.3 Å². The first kappa shape index (κ1) is 15.1. The van der Waals surface area contributed by atoms with Crippen LogP contribution in [0.25, 0.3) is 0 Å². The molecule has 1 aromatic carbocycles. The Morgan fingerprint density at radius 1 is 1.29 bits per heavy atom. The predicted molar refractivity (Wildman–Crippen MR) is 75.3 cm³/mol. The number of anilines is 1. The summed E-state index contributed by atoms with van der Waals surface area (Å²) in [6, 6.07) is 5.41. The summed E-state index contributed by atoms with van der Waals surface area (Å²) in [5.74, 6) is -1.54. The molecule has 21 heavy (non-hydrogen) atoms. The summed E-state index contributed by atoms with van der Waals surface area (Å²) in [6.45, 7) is 0. The lowest BCUT2D eigenvalue weighted by atomic mass is 10.2. The number of benzene rings is 1. The Morgan fingerprint density at radius 3 is 2.62 bits per heavy atom. The molecule has 0 bridgehead atoms. The molecule has 0 saturated heterocycles. The van der Waals surface area contributed by atoms with Crippen LogP contribution in [0.15, 0.2) is 30.3 Å². The van der Waals surface area contributed by atoms with Crippen molar-refractivity contribution in [1.82, 2.24) is 4.98 Å². The molecule has 2 aromatic rings. The van der Waals surface area contributed by atoms with Crippen LogP contribution < -0.4 is 5.32 Å². The molecule has 1 aromatic heterocycles. The van der Waals surface area contributed by atoms with Gasteiger partial charge in [0, 0.05) is 6.07 Å². The number of amides is 1. The van der Waals surface area contributed by atoms with Gasteiger partial charge in [0.25, 0.3) is 11.6 Å². The molecule has 0 spiro atoms. The molecular formula is C12H6Cl2FN3O3. The van der Waals surface area contributed by atoms with E-state index in [1.165, 1.54) is 12.1 Å². The van der Waals surface area contributed by atoms with Gasteiger partial charge in [-0.15, -0.1) is 0 Å². The second-order valence-corrected chi connectivity index (χ2v) is 4.63. The number of non-ortho nitro benzene ring substituents is 1. The molecule has 1 amide bonds. The van der Waals surface area contributed by atoms with Gasteiger partial charge in [-0.2, -0.15) is 0 Å². The summed E-state index contributed by atoms with van der Waals surface area (Å²) in [5.41, 5.74) is -0.545. The Kier molecular flexibility index (Phi) is 4.35. The van der Waals surface area contributed by atoms with E-state index in [1.807, 2.05) is 0 Å². The summed E-state index contributed by atoms with van der Waals surface area (Å²) in [4.78, 5) is 25.5. The molecule has 0 unspecified atom stereocenters. The molecular weight excluding hydrogens is 324 g/mol. The van der Waals surface area contributed by atoms with E-state index >= 15 is 0 Å². The number of aromatic nitrogens is 1. The zero-order valence-electron chi connectivity index (χ0n) is 10.1. The van der Waals surface area contributed by atoms with Gasteiger partial charge in [-0.1, -0.05) is 23.2 Å². The molecule has 6 nitrogen and oxygen atoms in total. The molecule has 2 rings (SSSR count). The van der Waals surface area contributed by atoms with Crippen molar-refractivity contribution in [3.63, 3.8) is 0 Å². The fourth-order valence-electron chi connectivity index (χ4n) is 1.53. The van der Waals surface area contributed by atoms with Crippen molar-refractivity contribution in [2.75, 3.05) is 5.32 Å². The Bertz CT molecular complexity index is 740. The van der Waals surface area contributed by atoms with Gasteiger partial charge in [0.2, 0.25) is 0 Å². The zero-order chi connectivity index (χ0) is 15.6. The lowest BCUT2D eigenvalue weighted by Gasteiger charge is -2.06. The molecule has 9 heteroatoms. The van der Waals surface area contributed by atoms with Crippen LogP contribution in [-0.2, 0) is 0 Å². The van der Waals surface area contributed by atoms with E-state index in [0.29, 0.717) is 0 Å². The van der Waals surface area contributed by atoms with Gasteiger partial charge in [-0.05, 0) is 18.2 Å². The van der Waals surface area contributed by atoms with Crippen LogP contribution in [0.2, 0.25) is 10.3 Å². The summed E-state index contributed by atoms with van der Waals surface area (Å²) in [5, 5.41) is 12.9. The van der Waals surface area contributed by atoms with Crippen LogP contribution in [0.4, 0.5) is 15.8 Å². The predicted octanol–water partition coefficient (Wildman–Crippen LogP) is 3.69. The van der Waals surface area contributed by atoms with E-state index < -0.39 is 22.3 Å². The smallest absolute Gasteiger partial charge is 0.274 e. The molecule has 0 fully saturated rings. The molecule has 0 aliphatic carbocycles. The maximum absolute atomic E-state index is 13.3. The molecule has 0 aliphatic heterocycles. The first-order valence-electron chi connectivity index (χ1n) is 5.45. The highest BCUT2D eigenvalue weighted by Gasteiger charge is 2.15. The minimum absolute atomic E-state index is 0.00739. The fraction of sp³-hybridized carbons (Fsp3) is 0. The number of rotatable bonds is 3. The van der Waals surface area contributed by atoms with E-state index in [0.717, 1.165) is 18.2 Å². The third-order valence-corrected chi connectivity index (χ3v) is 2.91. The average Bonchev–Trinajstić information content (AvgIpc) is 2.37. The molecule has 108 valence electrons. The van der Waals surface area contributed by atoms with Gasteiger partial charge in [0.05, 0.1) is 22.2 Å². The molecule has 0 radical (unpaired) electrons. The largest absolute Gasteiger partial charge is 0.322 e. The second kappa shape index (κ2) is 6.02. The SMILES string of the molecule is O=C(Nc1cc(F)cc([N+](=O)[O-])c1)c1ccc(Cl)nc1Cl. The second-order valence-electron chi connectivity index (χ2n) is 3.88. The van der Waals surface area contributed by atoms with Crippen molar-refractivity contribution in [1.29, 1.82) is 0 Å². The van der Waals surface area contributed by atoms with Gasteiger partial charge >= 0.3 is 0 Å². The minimum atomic E-state index is -0.847. The number of hydrogen-bond acceptors (Lipinski definition) is 4. The standard InChI is InChI=1S/C12H6Cl2FN3O3/c13-10-2-1-9(11(14)17-10)12(19)16-7-3-6(15)4-8(5-7)18(20)21/h1-5H,(H,16,19). The van der Waals surface area contributed by atoms with Gasteiger partial charge in [-0.25, -0.2) is 9.37 Å². The van der Waals surface area contributed by atoms with Crippen molar-refractivity contribution in [2.45, 2.75) is 0 Å². The van der Waals surface area contributed by atoms with Crippen molar-refractivity contribution in [3.05, 3.63) is 62.1 Å². The first-order valence-corrected chi connectivity index (χ1v) is 6.21. The maximum atomic E-state index is 13.3. The van der Waals surface area contributed by atoms with E-state index in [4.69, 9.17) is 23.2 Å². The van der Waals surface area contributed by atoms with Crippen LogP contribution in [0.3, 0.4) is 0 Å². The Labute approximate surface area is 127 Å². The number of pyridine rings is 1. The number of carbonyl (C=O) groups excluding carboxylic acids is 1. The Balaban J connectivity index is 2.29. The van der Waals surface area contributed by atoms with Gasteiger partial charge in [-0.3, -0.25) is 14.9 Å². The maximum Gasteiger partial charge on any atom is 0.274 e. The van der Waals surface area contributed by atoms with E-state index in [2.05, 4.69) is 10.3 Å². The van der Waals surface area contributed by atoms with E-state index in [-0.39, 0.29) is 21.6 Å². The summed E-state index contributed by atoms with van der Waals surface area (Å²) >= 11 is 11.4. The van der Waals surface area contributed by atoms with Crippen LogP contribution in [-0.4, -0.2) is 15.8 Å². The van der Waals surface area contributed by atoms with Gasteiger partial charge < -0.3 is 5.32 Å².